The number of hydrogen-bond donors (Lipinski definition) is 0. The van der Waals surface area contributed by atoms with Crippen molar-refractivity contribution in [2.75, 3.05) is 6.61 Å². The minimum absolute atomic E-state index is 0.0947. The Hall–Kier alpha value is -2.58. The van der Waals surface area contributed by atoms with Crippen molar-refractivity contribution in [3.63, 3.8) is 0 Å². The summed E-state index contributed by atoms with van der Waals surface area (Å²) < 4.78 is 6.85. The molecule has 3 aromatic carbocycles. The third kappa shape index (κ3) is 7.43. The monoisotopic (exact) mass is 636 g/mol. The molecule has 1 nitrogen and oxygen atoms in total. The van der Waals surface area contributed by atoms with Gasteiger partial charge in [-0.25, -0.2) is 0 Å². The predicted octanol–water partition coefficient (Wildman–Crippen LogP) is 12.4. The van der Waals surface area contributed by atoms with E-state index < -0.39 is 8.07 Å². The van der Waals surface area contributed by atoms with Crippen LogP contribution in [-0.4, -0.2) is 14.7 Å². The number of fused-ring (bicyclic) bond motifs is 3. The topological polar surface area (TPSA) is 9.23 Å². The lowest BCUT2D eigenvalue weighted by Gasteiger charge is -2.40. The molecule has 0 aromatic heterocycles. The minimum Gasteiger partial charge on any atom is -0.489 e. The van der Waals surface area contributed by atoms with E-state index in [1.54, 1.807) is 16.3 Å². The first kappa shape index (κ1) is 36.3. The van der Waals surface area contributed by atoms with Crippen LogP contribution in [0, 0.1) is 0 Å². The van der Waals surface area contributed by atoms with E-state index in [-0.39, 0.29) is 10.8 Å². The van der Waals surface area contributed by atoms with E-state index >= 15 is 0 Å². The molecule has 0 saturated heterocycles. The highest BCUT2D eigenvalue weighted by molar-refractivity contribution is 6.94. The van der Waals surface area contributed by atoms with Crippen molar-refractivity contribution in [3.05, 3.63) is 94.6 Å². The van der Waals surface area contributed by atoms with E-state index in [1.165, 1.54) is 89.7 Å². The summed E-state index contributed by atoms with van der Waals surface area (Å²) in [7, 11) is -2.26. The van der Waals surface area contributed by atoms with Gasteiger partial charge in [0, 0.05) is 5.54 Å². The Morgan fingerprint density at radius 3 is 1.67 bits per heavy atom. The average Bonchev–Trinajstić information content (AvgIpc) is 3.34. The van der Waals surface area contributed by atoms with Crippen LogP contribution in [-0.2, 0) is 23.7 Å². The van der Waals surface area contributed by atoms with E-state index in [2.05, 4.69) is 124 Å². The van der Waals surface area contributed by atoms with Gasteiger partial charge in [-0.05, 0) is 86.2 Å². The first-order valence-corrected chi connectivity index (χ1v) is 21.0. The highest BCUT2D eigenvalue weighted by atomic mass is 28.3. The molecule has 0 fully saturated rings. The quantitative estimate of drug-likeness (QED) is 0.0916. The molecule has 0 aliphatic heterocycles. The van der Waals surface area contributed by atoms with Gasteiger partial charge in [0.25, 0.3) is 0 Å². The molecule has 0 heterocycles. The Kier molecular flexibility index (Phi) is 11.9. The molecule has 3 aromatic rings. The summed E-state index contributed by atoms with van der Waals surface area (Å²) >= 11 is 0. The molecule has 0 N–H and O–H groups in total. The zero-order valence-electron chi connectivity index (χ0n) is 31.2. The molecule has 0 spiro atoms. The van der Waals surface area contributed by atoms with E-state index in [1.807, 2.05) is 6.08 Å². The maximum absolute atomic E-state index is 6.85. The second kappa shape index (κ2) is 15.1. The van der Waals surface area contributed by atoms with Gasteiger partial charge in [-0.15, -0.1) is 0 Å². The number of benzene rings is 3. The number of rotatable bonds is 15. The van der Waals surface area contributed by atoms with Crippen LogP contribution in [0.3, 0.4) is 0 Å². The molecule has 1 aliphatic carbocycles. The summed E-state index contributed by atoms with van der Waals surface area (Å²) in [6.07, 6.45) is 11.7. The number of ether oxygens (including phenoxy) is 1. The van der Waals surface area contributed by atoms with Crippen molar-refractivity contribution in [1.82, 2.24) is 0 Å². The molecule has 0 amide bonds. The Labute approximate surface area is 284 Å². The molecule has 0 bridgehead atoms. The highest BCUT2D eigenvalue weighted by Gasteiger charge is 2.48. The molecule has 4 rings (SSSR count). The normalized spacial score (nSPS) is 13.5. The second-order valence-electron chi connectivity index (χ2n) is 16.0. The third-order valence-corrected chi connectivity index (χ3v) is 16.5. The number of aryl methyl sites for hydroxylation is 2. The summed E-state index contributed by atoms with van der Waals surface area (Å²) in [4.78, 5) is 0. The van der Waals surface area contributed by atoms with Gasteiger partial charge in [-0.2, -0.15) is 0 Å². The predicted molar refractivity (Wildman–Crippen MR) is 206 cm³/mol. The summed E-state index contributed by atoms with van der Waals surface area (Å²) in [5.41, 5.74) is 12.4. The van der Waals surface area contributed by atoms with Gasteiger partial charge in [0.05, 0.1) is 0 Å². The van der Waals surface area contributed by atoms with Gasteiger partial charge in [0.15, 0.2) is 0 Å². The third-order valence-electron chi connectivity index (χ3n) is 10.8. The van der Waals surface area contributed by atoms with Crippen LogP contribution >= 0.6 is 0 Å². The van der Waals surface area contributed by atoms with Crippen molar-refractivity contribution in [1.29, 1.82) is 0 Å². The average molecular weight is 637 g/mol. The van der Waals surface area contributed by atoms with Gasteiger partial charge >= 0.3 is 0 Å². The first-order chi connectivity index (χ1) is 21.9. The second-order valence-corrected chi connectivity index (χ2v) is 20.9. The summed E-state index contributed by atoms with van der Waals surface area (Å²) in [5, 5.41) is 1.56. The Bertz CT molecular complexity index is 1410. The largest absolute Gasteiger partial charge is 0.489 e. The molecule has 2 heteroatoms. The molecule has 0 radical (unpaired) electrons. The van der Waals surface area contributed by atoms with Crippen molar-refractivity contribution < 1.29 is 4.74 Å². The van der Waals surface area contributed by atoms with Crippen LogP contribution in [0.5, 0.6) is 5.75 Å². The molecular formula is C44H64OSi. The summed E-state index contributed by atoms with van der Waals surface area (Å²) in [6, 6.07) is 22.4. The maximum atomic E-state index is 6.85. The van der Waals surface area contributed by atoms with Crippen molar-refractivity contribution in [2.45, 2.75) is 149 Å². The highest BCUT2D eigenvalue weighted by Crippen LogP contribution is 2.53. The smallest absolute Gasteiger partial charge is 0.122 e. The van der Waals surface area contributed by atoms with Crippen LogP contribution < -0.4 is 9.92 Å². The lowest BCUT2D eigenvalue weighted by molar-refractivity contribution is 0.361. The summed E-state index contributed by atoms with van der Waals surface area (Å²) in [5.74, 6) is 1.19. The SMILES string of the molecule is C=CCOc1c(CCCCC)cc(CCCCC)cc1[Si](CC)(CC)C1c2cc(C(C)(C)C)ccc2-c2ccc(C(C)(C)C)cc21. The van der Waals surface area contributed by atoms with Gasteiger partial charge < -0.3 is 4.74 Å². The fourth-order valence-electron chi connectivity index (χ4n) is 7.90. The van der Waals surface area contributed by atoms with Gasteiger partial charge in [-0.1, -0.05) is 168 Å². The van der Waals surface area contributed by atoms with Crippen LogP contribution in [0.2, 0.25) is 12.1 Å². The molecule has 0 saturated carbocycles. The van der Waals surface area contributed by atoms with Crippen LogP contribution in [0.25, 0.3) is 11.1 Å². The van der Waals surface area contributed by atoms with Crippen LogP contribution in [0.15, 0.2) is 61.2 Å². The fraction of sp³-hybridized carbons (Fsp3) is 0.545. The Morgan fingerprint density at radius 1 is 0.696 bits per heavy atom. The van der Waals surface area contributed by atoms with E-state index in [9.17, 15) is 0 Å². The van der Waals surface area contributed by atoms with E-state index in [4.69, 9.17) is 4.74 Å². The minimum atomic E-state index is -2.26. The first-order valence-electron chi connectivity index (χ1n) is 18.5. The molecule has 0 atom stereocenters. The number of hydrogen-bond acceptors (Lipinski definition) is 1. The van der Waals surface area contributed by atoms with Crippen molar-refractivity contribution in [2.24, 2.45) is 0 Å². The number of unbranched alkanes of at least 4 members (excludes halogenated alkanes) is 4. The molecule has 250 valence electrons. The van der Waals surface area contributed by atoms with E-state index in [0.717, 1.165) is 12.8 Å². The fourth-order valence-corrected chi connectivity index (χ4v) is 13.1. The summed E-state index contributed by atoms with van der Waals surface area (Å²) in [6.45, 7) is 28.4. The molecular weight excluding hydrogens is 573 g/mol. The standard InChI is InChI=1S/C44H64OSi/c1-12-17-19-21-32-28-33(22-20-18-13-2)41(45-27-14-3)40(29-32)46(15-4,16-5)42-38-30-34(43(6,7)8)23-25-36(38)37-26-24-35(31-39(37)42)44(9,10)11/h14,23-26,28-31,42H,3,12-13,15-22,27H2,1-2,4-11H3. The molecule has 0 unspecified atom stereocenters. The zero-order chi connectivity index (χ0) is 33.7. The van der Waals surface area contributed by atoms with Crippen LogP contribution in [0.4, 0.5) is 0 Å². The van der Waals surface area contributed by atoms with E-state index in [0.29, 0.717) is 12.1 Å². The van der Waals surface area contributed by atoms with Gasteiger partial charge in [-0.3, -0.25) is 0 Å². The van der Waals surface area contributed by atoms with Gasteiger partial charge in [0.1, 0.15) is 20.4 Å². The zero-order valence-corrected chi connectivity index (χ0v) is 32.2. The Morgan fingerprint density at radius 2 is 1.22 bits per heavy atom. The molecule has 46 heavy (non-hydrogen) atoms. The Balaban J connectivity index is 2.08. The van der Waals surface area contributed by atoms with Crippen LogP contribution in [0.1, 0.15) is 147 Å². The van der Waals surface area contributed by atoms with Crippen molar-refractivity contribution in [3.8, 4) is 16.9 Å². The lowest BCUT2D eigenvalue weighted by atomic mass is 9.85. The van der Waals surface area contributed by atoms with Crippen molar-refractivity contribution >= 4 is 13.3 Å². The lowest BCUT2D eigenvalue weighted by Crippen LogP contribution is -2.53. The molecule has 1 aliphatic rings. The van der Waals surface area contributed by atoms with Gasteiger partial charge in [0.2, 0.25) is 0 Å². The maximum Gasteiger partial charge on any atom is 0.122 e.